The van der Waals surface area contributed by atoms with Gasteiger partial charge in [-0.2, -0.15) is 14.0 Å². The van der Waals surface area contributed by atoms with E-state index in [4.69, 9.17) is 44.3 Å². The zero-order chi connectivity index (χ0) is 91.5. The summed E-state index contributed by atoms with van der Waals surface area (Å²) < 4.78 is 60.2. The Balaban J connectivity index is 0.000000144. The zero-order valence-corrected chi connectivity index (χ0v) is 73.4. The van der Waals surface area contributed by atoms with Crippen LogP contribution in [0.25, 0.3) is 35.3 Å². The Morgan fingerprint density at radius 2 is 0.740 bits per heavy atom. The summed E-state index contributed by atoms with van der Waals surface area (Å²) in [5.41, 5.74) is 11.2. The van der Waals surface area contributed by atoms with E-state index in [1.165, 1.54) is 97.5 Å². The van der Waals surface area contributed by atoms with Crippen molar-refractivity contribution >= 4 is 117 Å². The molecule has 6 aliphatic heterocycles. The van der Waals surface area contributed by atoms with E-state index >= 15 is 13.2 Å². The maximum atomic E-state index is 15.2. The predicted octanol–water partition coefficient (Wildman–Crippen LogP) is 12.0. The Hall–Kier alpha value is -14.1. The summed E-state index contributed by atoms with van der Waals surface area (Å²) in [4.78, 5) is 133. The molecule has 0 spiro atoms. The van der Waals surface area contributed by atoms with Crippen LogP contribution in [0.1, 0.15) is 121 Å². The molecule has 12 aromatic rings. The highest BCUT2D eigenvalue weighted by Crippen LogP contribution is 2.42. The number of amides is 5. The molecule has 0 bridgehead atoms. The van der Waals surface area contributed by atoms with Gasteiger partial charge in [0.05, 0.1) is 58.5 Å². The van der Waals surface area contributed by atoms with Gasteiger partial charge < -0.3 is 29.1 Å². The Morgan fingerprint density at radius 1 is 0.397 bits per heavy atom. The molecule has 3 saturated heterocycles. The van der Waals surface area contributed by atoms with Gasteiger partial charge in [-0.25, -0.2) is 28.1 Å². The number of morpholine rings is 2. The first kappa shape index (κ1) is 90.3. The average Bonchev–Trinajstić information content (AvgIpc) is 1.04. The Kier molecular flexibility index (Phi) is 28.1. The van der Waals surface area contributed by atoms with Crippen molar-refractivity contribution in [1.29, 1.82) is 0 Å². The summed E-state index contributed by atoms with van der Waals surface area (Å²) in [5.74, 6) is -2.47. The van der Waals surface area contributed by atoms with Gasteiger partial charge in [-0.15, -0.1) is 15.3 Å². The number of pyridine rings is 3. The molecule has 31 nitrogen and oxygen atoms in total. The molecular weight excluding hydrogens is 1750 g/mol. The van der Waals surface area contributed by atoms with E-state index in [1.807, 2.05) is 99.6 Å². The Morgan fingerprint density at radius 3 is 1.08 bits per heavy atom. The first-order valence-electron chi connectivity index (χ1n) is 42.3. The molecule has 0 saturated carbocycles. The van der Waals surface area contributed by atoms with Crippen molar-refractivity contribution in [1.82, 2.24) is 90.3 Å². The van der Waals surface area contributed by atoms with Crippen molar-refractivity contribution in [2.45, 2.75) is 96.7 Å². The molecule has 6 aromatic heterocycles. The minimum atomic E-state index is -0.960. The number of ether oxygens (including phenoxy) is 2. The van der Waals surface area contributed by atoms with Crippen molar-refractivity contribution in [2.75, 3.05) is 86.9 Å². The summed E-state index contributed by atoms with van der Waals surface area (Å²) in [5, 5.41) is 32.8. The highest BCUT2D eigenvalue weighted by Gasteiger charge is 2.42. The molecule has 0 aliphatic carbocycles. The number of hydrogen-bond donors (Lipinski definition) is 0. The molecular formula is C94H85Cl3F3N21O10. The number of hydrogen-bond acceptors (Lipinski definition) is 23. The van der Waals surface area contributed by atoms with Gasteiger partial charge in [-0.05, 0) is 190 Å². The fourth-order valence-corrected chi connectivity index (χ4v) is 17.5. The van der Waals surface area contributed by atoms with Crippen LogP contribution in [0.4, 0.5) is 30.6 Å². The van der Waals surface area contributed by atoms with Crippen molar-refractivity contribution < 1.29 is 61.0 Å². The van der Waals surface area contributed by atoms with E-state index in [9.17, 15) is 38.4 Å². The van der Waals surface area contributed by atoms with Gasteiger partial charge in [-0.3, -0.25) is 48.2 Å². The number of rotatable bonds is 21. The van der Waals surface area contributed by atoms with Gasteiger partial charge in [0.2, 0.25) is 23.6 Å². The quantitative estimate of drug-likeness (QED) is 0.0603. The fourth-order valence-electron chi connectivity index (χ4n) is 17.0. The molecule has 6 aliphatic rings. The lowest BCUT2D eigenvalue weighted by Crippen LogP contribution is -2.46. The number of fused-ring (bicyclic) bond motifs is 3. The van der Waals surface area contributed by atoms with Crippen LogP contribution in [-0.4, -0.2) is 209 Å². The third kappa shape index (κ3) is 20.1. The number of carbonyl (C=O) groups is 8. The predicted molar refractivity (Wildman–Crippen MR) is 479 cm³/mol. The fraction of sp³-hybridized carbons (Fsp3) is 0.277. The van der Waals surface area contributed by atoms with Crippen molar-refractivity contribution in [3.63, 3.8) is 0 Å². The third-order valence-electron chi connectivity index (χ3n) is 23.5. The standard InChI is InChI=1S/C32H29ClFN7O3.C31H27ClFN7O4.C31H29ClFN7O3/c1-20-5-7-21(8-6-20)18-27(42)31-22-13-15-35-32(40-16-3-2-4-28(40)43)23(22)14-17-39(31)29(44)12-9-24-26(41-19-36-37-38-41)11-10-25(33)30(24)34;1-19-2-4-20(5-3-19)16-26(41)30-21-10-12-34-31(39-14-15-44-17-28(39)43)22(21)11-13-38(30)27(42)9-6-23-25(40-18-35-36-37-40)8-7-24(32)29(23)33;1-20-2-4-21(5-3-20)18-27(41)30-22-10-12-34-31(38-14-16-43-17-15-38)23(22)11-13-39(30)28(42)9-6-24-26(40-19-35-36-37-40)8-7-25(32)29(24)33/h5-13,15,19,31H,2-4,14,16-18H2,1H3;2-10,12,18,30H,11,13-17H2,1H3;2-10,12,19,30H,11,13-18H2,1H3/b12-9+;2*9-6+. The molecule has 3 atom stereocenters. The van der Waals surface area contributed by atoms with E-state index in [-0.39, 0.29) is 106 Å². The van der Waals surface area contributed by atoms with Crippen molar-refractivity contribution in [3.8, 4) is 17.1 Å². The second kappa shape index (κ2) is 40.7. The third-order valence-corrected chi connectivity index (χ3v) is 24.4. The van der Waals surface area contributed by atoms with Crippen LogP contribution in [0.2, 0.25) is 15.1 Å². The van der Waals surface area contributed by atoms with E-state index < -0.39 is 53.3 Å². The lowest BCUT2D eigenvalue weighted by Gasteiger charge is -2.38. The number of Topliss-reactive ketones (excluding diaryl/α,β-unsaturated/α-hetero) is 3. The number of ketones is 3. The van der Waals surface area contributed by atoms with E-state index in [0.717, 1.165) is 74.3 Å². The number of carbonyl (C=O) groups excluding carboxylic acids is 8. The van der Waals surface area contributed by atoms with E-state index in [2.05, 4.69) is 66.4 Å². The summed E-state index contributed by atoms with van der Waals surface area (Å²) in [6.07, 6.45) is 20.2. The summed E-state index contributed by atoms with van der Waals surface area (Å²) in [7, 11) is 0. The number of anilines is 3. The number of benzene rings is 6. The second-order valence-corrected chi connectivity index (χ2v) is 33.1. The molecule has 6 aromatic carbocycles. The summed E-state index contributed by atoms with van der Waals surface area (Å²) >= 11 is 18.2. The van der Waals surface area contributed by atoms with Crippen LogP contribution < -0.4 is 14.7 Å². The minimum Gasteiger partial charge on any atom is -0.378 e. The van der Waals surface area contributed by atoms with Gasteiger partial charge in [0.25, 0.3) is 5.91 Å². The lowest BCUT2D eigenvalue weighted by molar-refractivity contribution is -0.136. The SMILES string of the molecule is Cc1ccc(CC(=O)C2c3ccnc(N4CCCCC4=O)c3CCN2C(=O)/C=C/c2c(-n3cnnn3)ccc(Cl)c2F)cc1.Cc1ccc(CC(=O)C2c3ccnc(N4CCOCC4)c3CCN2C(=O)/C=C/c2c(-n3cnnn3)ccc(Cl)c2F)cc1.Cc1ccc(CC(=O)C2c3ccnc(N4CCOCC4=O)c3CCN2C(=O)/C=C/c2c(-n3cnnn3)ccc(Cl)c2F)cc1. The number of aromatic nitrogens is 15. The van der Waals surface area contributed by atoms with Crippen LogP contribution in [0, 0.1) is 38.2 Å². The maximum Gasteiger partial charge on any atom is 0.254 e. The van der Waals surface area contributed by atoms with Gasteiger partial charge in [0, 0.05) is 135 Å². The molecule has 3 unspecified atom stereocenters. The smallest absolute Gasteiger partial charge is 0.254 e. The van der Waals surface area contributed by atoms with Crippen molar-refractivity contribution in [2.24, 2.45) is 0 Å². The number of nitrogens with zero attached hydrogens (tertiary/aromatic N) is 21. The molecule has 668 valence electrons. The molecule has 5 amide bonds. The number of tetrazole rings is 3. The van der Waals surface area contributed by atoms with Crippen LogP contribution in [0.3, 0.4) is 0 Å². The average molecular weight is 1830 g/mol. The second-order valence-electron chi connectivity index (χ2n) is 31.9. The van der Waals surface area contributed by atoms with Crippen LogP contribution in [0.5, 0.6) is 0 Å². The molecule has 0 radical (unpaired) electrons. The highest BCUT2D eigenvalue weighted by molar-refractivity contribution is 6.31. The molecule has 0 N–H and O–H groups in total. The Bertz CT molecular complexity index is 6150. The summed E-state index contributed by atoms with van der Waals surface area (Å²) in [6.45, 7) is 10.4. The van der Waals surface area contributed by atoms with Gasteiger partial charge in [-0.1, -0.05) is 124 Å². The highest BCUT2D eigenvalue weighted by atomic mass is 35.5. The molecule has 37 heteroatoms. The van der Waals surface area contributed by atoms with E-state index in [1.54, 1.807) is 63.6 Å². The monoisotopic (exact) mass is 1830 g/mol. The molecule has 3 fully saturated rings. The van der Waals surface area contributed by atoms with Crippen molar-refractivity contribution in [3.05, 3.63) is 299 Å². The van der Waals surface area contributed by atoms with Crippen LogP contribution in [-0.2, 0) is 86.4 Å². The van der Waals surface area contributed by atoms with Crippen LogP contribution in [0.15, 0.2) is 183 Å². The van der Waals surface area contributed by atoms with Crippen LogP contribution >= 0.6 is 34.8 Å². The maximum absolute atomic E-state index is 15.2. The van der Waals surface area contributed by atoms with Gasteiger partial charge in [0.15, 0.2) is 34.8 Å². The molecule has 18 rings (SSSR count). The topological polar surface area (TPSA) is 344 Å². The van der Waals surface area contributed by atoms with Gasteiger partial charge >= 0.3 is 0 Å². The van der Waals surface area contributed by atoms with E-state index in [0.29, 0.717) is 112 Å². The molecule has 131 heavy (non-hydrogen) atoms. The number of aryl methyl sites for hydroxylation is 3. The number of halogens is 6. The first-order chi connectivity index (χ1) is 63.5. The Labute approximate surface area is 764 Å². The zero-order valence-electron chi connectivity index (χ0n) is 71.2. The number of piperidine rings is 1. The van der Waals surface area contributed by atoms with Gasteiger partial charge in [0.1, 0.15) is 61.2 Å². The normalized spacial score (nSPS) is 16.8. The minimum absolute atomic E-state index is 0.00283. The molecule has 12 heterocycles. The lowest BCUT2D eigenvalue weighted by atomic mass is 9.88. The first-order valence-corrected chi connectivity index (χ1v) is 43.5. The summed E-state index contributed by atoms with van der Waals surface area (Å²) in [6, 6.07) is 34.5. The largest absolute Gasteiger partial charge is 0.378 e.